The quantitative estimate of drug-likeness (QED) is 0.785. The fraction of sp³-hybridized carbons (Fsp3) is 0.417. The normalized spacial score (nSPS) is 30.7. The molecule has 31 heavy (non-hydrogen) atoms. The number of carbonyl (C=O) groups excluding carboxylic acids is 2. The van der Waals surface area contributed by atoms with Gasteiger partial charge in [0.1, 0.15) is 5.75 Å². The van der Waals surface area contributed by atoms with Crippen LogP contribution in [0.3, 0.4) is 0 Å². The number of hydrogen-bond donors (Lipinski definition) is 2. The Hall–Kier alpha value is -2.58. The maximum absolute atomic E-state index is 13.3. The summed E-state index contributed by atoms with van der Waals surface area (Å²) in [5.74, 6) is -0.389. The molecule has 0 bridgehead atoms. The maximum Gasteiger partial charge on any atom is 0.173 e. The summed E-state index contributed by atoms with van der Waals surface area (Å²) in [7, 11) is 1.52. The molecule has 0 spiro atoms. The minimum Gasteiger partial charge on any atom is -0.496 e. The third-order valence-corrected chi connectivity index (χ3v) is 6.69. The molecule has 1 aliphatic carbocycles. The van der Waals surface area contributed by atoms with Gasteiger partial charge < -0.3 is 9.47 Å². The highest BCUT2D eigenvalue weighted by molar-refractivity contribution is 6.17. The van der Waals surface area contributed by atoms with E-state index in [-0.39, 0.29) is 35.7 Å². The third-order valence-electron chi connectivity index (χ3n) is 6.69. The second-order valence-corrected chi connectivity index (χ2v) is 8.57. The molecule has 2 aromatic rings. The van der Waals surface area contributed by atoms with Gasteiger partial charge in [-0.25, -0.2) is 10.4 Å². The number of benzene rings is 2. The first-order chi connectivity index (χ1) is 15.1. The van der Waals surface area contributed by atoms with Gasteiger partial charge >= 0.3 is 0 Å². The fourth-order valence-electron chi connectivity index (χ4n) is 5.23. The van der Waals surface area contributed by atoms with Crippen LogP contribution in [-0.4, -0.2) is 49.0 Å². The smallest absolute Gasteiger partial charge is 0.173 e. The largest absolute Gasteiger partial charge is 0.496 e. The van der Waals surface area contributed by atoms with Crippen molar-refractivity contribution in [3.05, 3.63) is 65.2 Å². The Morgan fingerprint density at radius 1 is 1.10 bits per heavy atom. The second-order valence-electron chi connectivity index (χ2n) is 8.57. The highest BCUT2D eigenvalue weighted by atomic mass is 16.5. The van der Waals surface area contributed by atoms with Crippen LogP contribution >= 0.6 is 0 Å². The highest BCUT2D eigenvalue weighted by Crippen LogP contribution is 2.42. The highest BCUT2D eigenvalue weighted by Gasteiger charge is 2.50. The Morgan fingerprint density at radius 2 is 1.90 bits per heavy atom. The summed E-state index contributed by atoms with van der Waals surface area (Å²) in [4.78, 5) is 26.6. The average molecular weight is 421 g/mol. The Balaban J connectivity index is 1.31. The molecule has 7 nitrogen and oxygen atoms in total. The summed E-state index contributed by atoms with van der Waals surface area (Å²) in [6, 6.07) is 15.7. The molecule has 0 amide bonds. The maximum atomic E-state index is 13.3. The molecular weight excluding hydrogens is 394 g/mol. The van der Waals surface area contributed by atoms with Crippen molar-refractivity contribution in [2.24, 2.45) is 11.8 Å². The van der Waals surface area contributed by atoms with E-state index in [9.17, 15) is 9.59 Å². The zero-order chi connectivity index (χ0) is 21.5. The zero-order valence-electron chi connectivity index (χ0n) is 17.7. The van der Waals surface area contributed by atoms with Crippen LogP contribution in [0.4, 0.5) is 0 Å². The molecule has 2 N–H and O–H groups in total. The first kappa shape index (κ1) is 20.3. The van der Waals surface area contributed by atoms with Crippen molar-refractivity contribution in [3.8, 4) is 5.75 Å². The lowest BCUT2D eigenvalue weighted by atomic mass is 9.68. The van der Waals surface area contributed by atoms with Crippen molar-refractivity contribution in [2.45, 2.75) is 31.6 Å². The lowest BCUT2D eigenvalue weighted by molar-refractivity contribution is -0.0946. The molecule has 3 aliphatic rings. The minimum atomic E-state index is -0.464. The fourth-order valence-corrected chi connectivity index (χ4v) is 5.23. The molecule has 2 aliphatic heterocycles. The Labute approximate surface area is 181 Å². The Kier molecular flexibility index (Phi) is 5.35. The van der Waals surface area contributed by atoms with Crippen LogP contribution in [0.25, 0.3) is 0 Å². The van der Waals surface area contributed by atoms with E-state index in [4.69, 9.17) is 9.47 Å². The van der Waals surface area contributed by atoms with Crippen molar-refractivity contribution in [1.29, 1.82) is 0 Å². The summed E-state index contributed by atoms with van der Waals surface area (Å²) < 4.78 is 11.6. The van der Waals surface area contributed by atoms with E-state index >= 15 is 0 Å². The molecule has 7 heteroatoms. The van der Waals surface area contributed by atoms with E-state index in [1.165, 1.54) is 12.7 Å². The van der Waals surface area contributed by atoms with Gasteiger partial charge in [0.15, 0.2) is 11.6 Å². The van der Waals surface area contributed by atoms with Gasteiger partial charge in [0.05, 0.1) is 36.8 Å². The van der Waals surface area contributed by atoms with E-state index < -0.39 is 5.92 Å². The van der Waals surface area contributed by atoms with Crippen molar-refractivity contribution in [2.75, 3.05) is 20.2 Å². The van der Waals surface area contributed by atoms with Crippen LogP contribution < -0.4 is 15.7 Å². The molecule has 5 atom stereocenters. The molecule has 0 radical (unpaired) electrons. The van der Waals surface area contributed by atoms with Crippen LogP contribution in [0, 0.1) is 11.8 Å². The summed E-state index contributed by atoms with van der Waals surface area (Å²) in [5.41, 5.74) is 8.63. The van der Waals surface area contributed by atoms with Gasteiger partial charge in [-0.15, -0.1) is 0 Å². The van der Waals surface area contributed by atoms with E-state index in [2.05, 4.69) is 28.1 Å². The number of nitrogens with one attached hydrogen (secondary N) is 2. The van der Waals surface area contributed by atoms with Gasteiger partial charge in [0.25, 0.3) is 0 Å². The number of hydrogen-bond acceptors (Lipinski definition) is 7. The molecule has 0 aromatic heterocycles. The summed E-state index contributed by atoms with van der Waals surface area (Å²) in [6.07, 6.45) is 0.0625. The lowest BCUT2D eigenvalue weighted by Gasteiger charge is -2.42. The number of ketones is 2. The van der Waals surface area contributed by atoms with Gasteiger partial charge in [-0.1, -0.05) is 42.5 Å². The topological polar surface area (TPSA) is 79.9 Å². The van der Waals surface area contributed by atoms with E-state index in [0.29, 0.717) is 29.8 Å². The molecule has 2 saturated heterocycles. The van der Waals surface area contributed by atoms with Crippen LogP contribution in [-0.2, 0) is 4.74 Å². The average Bonchev–Trinajstić information content (AvgIpc) is 3.25. The van der Waals surface area contributed by atoms with Crippen LogP contribution in [0.5, 0.6) is 5.75 Å². The monoisotopic (exact) mass is 421 g/mol. The molecule has 2 heterocycles. The molecule has 162 valence electrons. The minimum absolute atomic E-state index is 0.0216. The van der Waals surface area contributed by atoms with Crippen LogP contribution in [0.15, 0.2) is 48.5 Å². The number of carbonyl (C=O) groups is 2. The number of rotatable bonds is 4. The zero-order valence-corrected chi connectivity index (χ0v) is 17.7. The van der Waals surface area contributed by atoms with Crippen LogP contribution in [0.1, 0.15) is 45.7 Å². The van der Waals surface area contributed by atoms with Gasteiger partial charge in [0.2, 0.25) is 0 Å². The summed E-state index contributed by atoms with van der Waals surface area (Å²) in [5, 5.41) is 2.08. The van der Waals surface area contributed by atoms with Crippen molar-refractivity contribution >= 4 is 11.6 Å². The van der Waals surface area contributed by atoms with E-state index in [0.717, 1.165) is 6.54 Å². The number of methoxy groups -OCH3 is 1. The van der Waals surface area contributed by atoms with Crippen molar-refractivity contribution in [1.82, 2.24) is 16.0 Å². The van der Waals surface area contributed by atoms with Gasteiger partial charge in [-0.3, -0.25) is 9.59 Å². The van der Waals surface area contributed by atoms with Crippen LogP contribution in [0.2, 0.25) is 0 Å². The van der Waals surface area contributed by atoms with E-state index in [1.54, 1.807) is 18.2 Å². The van der Waals surface area contributed by atoms with Gasteiger partial charge in [-0.2, -0.15) is 5.53 Å². The molecule has 2 aromatic carbocycles. The molecule has 3 unspecified atom stereocenters. The predicted molar refractivity (Wildman–Crippen MR) is 115 cm³/mol. The predicted octanol–water partition coefficient (Wildman–Crippen LogP) is 2.55. The second kappa shape index (κ2) is 8.16. The van der Waals surface area contributed by atoms with Crippen molar-refractivity contribution < 1.29 is 19.1 Å². The van der Waals surface area contributed by atoms with Crippen molar-refractivity contribution in [3.63, 3.8) is 0 Å². The lowest BCUT2D eigenvalue weighted by Crippen LogP contribution is -2.53. The summed E-state index contributed by atoms with van der Waals surface area (Å²) >= 11 is 0. The Bertz CT molecular complexity index is 996. The number of hydrazine groups is 2. The Morgan fingerprint density at radius 3 is 2.68 bits per heavy atom. The number of fused-ring (bicyclic) bond motifs is 2. The number of Topliss-reactive ketones (excluding diaryl/α,β-unsaturated/α-hetero) is 2. The summed E-state index contributed by atoms with van der Waals surface area (Å²) in [6.45, 7) is 3.33. The first-order valence-corrected chi connectivity index (χ1v) is 10.8. The standard InChI is InChI=1S/C24H27N3O4/c1-14-21-18(23(28)17-9-6-10-20(30-2)22(17)24(21)29)11-16(31-14)12-27-13-19(25-26-27)15-7-4-3-5-8-15/h3-10,14,16,18-19,21,25-26H,11-13H2,1-2H3/t14-,16-,18?,19?,21?/m1/s1. The SMILES string of the molecule is COc1cccc2c1C(=O)C1C(C[C@H](CN3CC(c4ccccc4)NN3)O[C@@H]1C)C2=O. The van der Waals surface area contributed by atoms with Gasteiger partial charge in [0, 0.05) is 24.6 Å². The molecule has 0 saturated carbocycles. The van der Waals surface area contributed by atoms with E-state index in [1.807, 2.05) is 25.1 Å². The molecular formula is C24H27N3O4. The van der Waals surface area contributed by atoms with Gasteiger partial charge in [-0.05, 0) is 25.0 Å². The first-order valence-electron chi connectivity index (χ1n) is 10.8. The molecule has 5 rings (SSSR count). The third kappa shape index (κ3) is 3.57. The number of ether oxygens (including phenoxy) is 2. The number of nitrogens with zero attached hydrogens (tertiary/aromatic N) is 1. The molecule has 2 fully saturated rings.